The SMILES string of the molecule is Cc1ccccc1C(=O)NNC(=O)c1ccnc(C23CC4CC(CC(C4)C2)C3)c1. The molecule has 29 heavy (non-hydrogen) atoms. The molecule has 1 aromatic heterocycles. The van der Waals surface area contributed by atoms with E-state index in [4.69, 9.17) is 4.98 Å². The molecule has 5 heteroatoms. The van der Waals surface area contributed by atoms with E-state index in [1.807, 2.05) is 31.2 Å². The van der Waals surface area contributed by atoms with Crippen LogP contribution >= 0.6 is 0 Å². The first-order valence-corrected chi connectivity index (χ1v) is 10.7. The zero-order valence-electron chi connectivity index (χ0n) is 16.8. The molecule has 2 amide bonds. The summed E-state index contributed by atoms with van der Waals surface area (Å²) in [4.78, 5) is 29.7. The van der Waals surface area contributed by atoms with Gasteiger partial charge in [0.1, 0.15) is 0 Å². The Morgan fingerprint density at radius 3 is 2.21 bits per heavy atom. The average molecular weight is 389 g/mol. The van der Waals surface area contributed by atoms with Crippen molar-refractivity contribution in [2.75, 3.05) is 0 Å². The molecule has 4 aliphatic carbocycles. The van der Waals surface area contributed by atoms with Crippen molar-refractivity contribution in [3.8, 4) is 0 Å². The molecule has 5 nitrogen and oxygen atoms in total. The lowest BCUT2D eigenvalue weighted by atomic mass is 9.48. The highest BCUT2D eigenvalue weighted by molar-refractivity contribution is 5.99. The number of benzene rings is 1. The van der Waals surface area contributed by atoms with Gasteiger partial charge in [-0.3, -0.25) is 25.4 Å². The maximum Gasteiger partial charge on any atom is 0.269 e. The number of hydrogen-bond acceptors (Lipinski definition) is 3. The van der Waals surface area contributed by atoms with E-state index < -0.39 is 0 Å². The Morgan fingerprint density at radius 2 is 1.55 bits per heavy atom. The topological polar surface area (TPSA) is 71.1 Å². The van der Waals surface area contributed by atoms with Gasteiger partial charge in [-0.15, -0.1) is 0 Å². The molecule has 0 unspecified atom stereocenters. The lowest BCUT2D eigenvalue weighted by molar-refractivity contribution is -0.00722. The number of aryl methyl sites for hydroxylation is 1. The minimum atomic E-state index is -0.313. The monoisotopic (exact) mass is 389 g/mol. The van der Waals surface area contributed by atoms with E-state index in [9.17, 15) is 9.59 Å². The van der Waals surface area contributed by atoms with Crippen LogP contribution < -0.4 is 10.9 Å². The first-order chi connectivity index (χ1) is 14.0. The van der Waals surface area contributed by atoms with E-state index in [1.54, 1.807) is 18.3 Å². The number of pyridine rings is 1. The van der Waals surface area contributed by atoms with Crippen LogP contribution in [0.25, 0.3) is 0 Å². The molecule has 4 bridgehead atoms. The van der Waals surface area contributed by atoms with Crippen molar-refractivity contribution in [1.82, 2.24) is 15.8 Å². The lowest BCUT2D eigenvalue weighted by Gasteiger charge is -2.56. The zero-order chi connectivity index (χ0) is 20.0. The van der Waals surface area contributed by atoms with Crippen molar-refractivity contribution in [3.05, 3.63) is 65.0 Å². The van der Waals surface area contributed by atoms with E-state index in [2.05, 4.69) is 10.9 Å². The molecule has 4 aliphatic rings. The summed E-state index contributed by atoms with van der Waals surface area (Å²) in [6.45, 7) is 1.87. The smallest absolute Gasteiger partial charge is 0.267 e. The Hall–Kier alpha value is -2.69. The molecule has 4 saturated carbocycles. The fourth-order valence-electron chi connectivity index (χ4n) is 6.37. The minimum Gasteiger partial charge on any atom is -0.267 e. The molecule has 0 radical (unpaired) electrons. The van der Waals surface area contributed by atoms with E-state index in [1.165, 1.54) is 38.5 Å². The molecular weight excluding hydrogens is 362 g/mol. The van der Waals surface area contributed by atoms with Crippen molar-refractivity contribution in [2.24, 2.45) is 17.8 Å². The second-order valence-corrected chi connectivity index (χ2v) is 9.35. The van der Waals surface area contributed by atoms with Crippen LogP contribution in [0, 0.1) is 24.7 Å². The molecule has 0 atom stereocenters. The third kappa shape index (κ3) is 3.33. The highest BCUT2D eigenvalue weighted by Crippen LogP contribution is 2.60. The Morgan fingerprint density at radius 1 is 0.931 bits per heavy atom. The number of hydrazine groups is 1. The van der Waals surface area contributed by atoms with Crippen molar-refractivity contribution in [1.29, 1.82) is 0 Å². The molecule has 4 fully saturated rings. The first-order valence-electron chi connectivity index (χ1n) is 10.7. The van der Waals surface area contributed by atoms with Gasteiger partial charge in [-0.05, 0) is 87.0 Å². The van der Waals surface area contributed by atoms with Gasteiger partial charge < -0.3 is 0 Å². The maximum atomic E-state index is 12.7. The highest BCUT2D eigenvalue weighted by Gasteiger charge is 2.52. The third-order valence-electron chi connectivity index (χ3n) is 7.28. The summed E-state index contributed by atoms with van der Waals surface area (Å²) in [5.74, 6) is 1.86. The number of nitrogens with zero attached hydrogens (tertiary/aromatic N) is 1. The average Bonchev–Trinajstić information content (AvgIpc) is 2.71. The Bertz CT molecular complexity index is 933. The molecule has 2 N–H and O–H groups in total. The summed E-state index contributed by atoms with van der Waals surface area (Å²) in [5, 5.41) is 0. The standard InChI is InChI=1S/C24H27N3O2/c1-15-4-2-3-5-20(15)23(29)27-26-22(28)19-6-7-25-21(11-19)24-12-16-8-17(13-24)10-18(9-16)14-24/h2-7,11,16-18H,8-10,12-14H2,1H3,(H,26,28)(H,27,29). The number of hydrogen-bond donors (Lipinski definition) is 2. The second-order valence-electron chi connectivity index (χ2n) is 9.35. The van der Waals surface area contributed by atoms with E-state index >= 15 is 0 Å². The van der Waals surface area contributed by atoms with Gasteiger partial charge in [-0.25, -0.2) is 0 Å². The number of carbonyl (C=O) groups excluding carboxylic acids is 2. The van der Waals surface area contributed by atoms with Gasteiger partial charge in [-0.1, -0.05) is 18.2 Å². The molecule has 2 aromatic rings. The van der Waals surface area contributed by atoms with Crippen LogP contribution in [0.15, 0.2) is 42.6 Å². The van der Waals surface area contributed by atoms with E-state index in [0.717, 1.165) is 29.0 Å². The van der Waals surface area contributed by atoms with E-state index in [0.29, 0.717) is 11.1 Å². The van der Waals surface area contributed by atoms with Crippen LogP contribution in [-0.2, 0) is 5.41 Å². The Kier molecular flexibility index (Phi) is 4.41. The number of carbonyl (C=O) groups is 2. The van der Waals surface area contributed by atoms with Crippen molar-refractivity contribution in [2.45, 2.75) is 50.9 Å². The summed E-state index contributed by atoms with van der Waals surface area (Å²) in [5.41, 5.74) is 8.28. The summed E-state index contributed by atoms with van der Waals surface area (Å²) in [6.07, 6.45) is 9.51. The Labute approximate surface area is 171 Å². The maximum absolute atomic E-state index is 12.7. The third-order valence-corrected chi connectivity index (χ3v) is 7.28. The minimum absolute atomic E-state index is 0.148. The summed E-state index contributed by atoms with van der Waals surface area (Å²) >= 11 is 0. The quantitative estimate of drug-likeness (QED) is 0.782. The van der Waals surface area contributed by atoms with Crippen molar-refractivity contribution < 1.29 is 9.59 Å². The summed E-state index contributed by atoms with van der Waals surface area (Å²) in [7, 11) is 0. The van der Waals surface area contributed by atoms with Crippen LogP contribution in [0.3, 0.4) is 0 Å². The molecule has 0 saturated heterocycles. The highest BCUT2D eigenvalue weighted by atomic mass is 16.2. The number of aromatic nitrogens is 1. The number of nitrogens with one attached hydrogen (secondary N) is 2. The number of amides is 2. The second kappa shape index (κ2) is 6.97. The van der Waals surface area contributed by atoms with Crippen LogP contribution in [0.2, 0.25) is 0 Å². The molecule has 1 aromatic carbocycles. The summed E-state index contributed by atoms with van der Waals surface area (Å²) < 4.78 is 0. The molecule has 0 aliphatic heterocycles. The number of rotatable bonds is 3. The molecule has 6 rings (SSSR count). The van der Waals surface area contributed by atoms with Crippen LogP contribution in [0.5, 0.6) is 0 Å². The van der Waals surface area contributed by atoms with Crippen molar-refractivity contribution in [3.63, 3.8) is 0 Å². The van der Waals surface area contributed by atoms with Crippen molar-refractivity contribution >= 4 is 11.8 Å². The van der Waals surface area contributed by atoms with Gasteiger partial charge >= 0.3 is 0 Å². The normalized spacial score (nSPS) is 29.5. The van der Waals surface area contributed by atoms with Gasteiger partial charge in [0.25, 0.3) is 11.8 Å². The fraction of sp³-hybridized carbons (Fsp3) is 0.458. The molecule has 1 heterocycles. The zero-order valence-corrected chi connectivity index (χ0v) is 16.8. The van der Waals surface area contributed by atoms with Gasteiger partial charge in [-0.2, -0.15) is 0 Å². The van der Waals surface area contributed by atoms with Crippen LogP contribution in [0.1, 0.15) is 70.5 Å². The summed E-state index contributed by atoms with van der Waals surface area (Å²) in [6, 6.07) is 11.0. The fourth-order valence-corrected chi connectivity index (χ4v) is 6.37. The Balaban J connectivity index is 1.31. The van der Waals surface area contributed by atoms with Gasteiger partial charge in [0, 0.05) is 28.4 Å². The van der Waals surface area contributed by atoms with Gasteiger partial charge in [0.2, 0.25) is 0 Å². The molecule has 0 spiro atoms. The predicted octanol–water partition coefficient (Wildman–Crippen LogP) is 3.93. The van der Waals surface area contributed by atoms with Crippen LogP contribution in [-0.4, -0.2) is 16.8 Å². The van der Waals surface area contributed by atoms with Crippen LogP contribution in [0.4, 0.5) is 0 Å². The van der Waals surface area contributed by atoms with Gasteiger partial charge in [0.15, 0.2) is 0 Å². The largest absolute Gasteiger partial charge is 0.269 e. The first kappa shape index (κ1) is 18.3. The molecule has 150 valence electrons. The lowest BCUT2D eigenvalue weighted by Crippen LogP contribution is -2.49. The van der Waals surface area contributed by atoms with E-state index in [-0.39, 0.29) is 17.2 Å². The predicted molar refractivity (Wildman–Crippen MR) is 110 cm³/mol. The molecular formula is C24H27N3O2. The van der Waals surface area contributed by atoms with Gasteiger partial charge in [0.05, 0.1) is 0 Å².